The molecule has 5 nitrogen and oxygen atoms in total. The zero-order valence-corrected chi connectivity index (χ0v) is 13.7. The summed E-state index contributed by atoms with van der Waals surface area (Å²) in [6.07, 6.45) is 0.0696. The largest absolute Gasteiger partial charge is 0.494 e. The van der Waals surface area contributed by atoms with Crippen molar-refractivity contribution in [3.8, 4) is 11.5 Å². The maximum atomic E-state index is 12.6. The Kier molecular flexibility index (Phi) is 3.76. The molecule has 0 unspecified atom stereocenters. The molecule has 0 bridgehead atoms. The number of hydrogen-bond acceptors (Lipinski definition) is 5. The summed E-state index contributed by atoms with van der Waals surface area (Å²) in [5.41, 5.74) is 1.06. The van der Waals surface area contributed by atoms with Gasteiger partial charge in [-0.05, 0) is 25.1 Å². The predicted octanol–water partition coefficient (Wildman–Crippen LogP) is 3.63. The monoisotopic (exact) mass is 336 g/mol. The summed E-state index contributed by atoms with van der Waals surface area (Å²) in [7, 11) is 0. The second-order valence-electron chi connectivity index (χ2n) is 5.83. The molecule has 3 aromatic rings. The van der Waals surface area contributed by atoms with Crippen LogP contribution in [0.3, 0.4) is 0 Å². The van der Waals surface area contributed by atoms with Crippen molar-refractivity contribution in [2.24, 2.45) is 0 Å². The Bertz CT molecular complexity index is 1020. The van der Waals surface area contributed by atoms with E-state index in [-0.39, 0.29) is 12.4 Å². The molecule has 0 radical (unpaired) electrons. The molecule has 0 amide bonds. The first-order valence-electron chi connectivity index (χ1n) is 8.17. The van der Waals surface area contributed by atoms with Gasteiger partial charge in [-0.1, -0.05) is 30.3 Å². The van der Waals surface area contributed by atoms with E-state index in [1.807, 2.05) is 37.3 Å². The molecular formula is C20H16O5. The zero-order chi connectivity index (χ0) is 17.4. The SMILES string of the molecule is CCOc1ccccc1[C@H]1CC(=O)Oc2c1c(=O)oc1ccccc21. The molecule has 0 saturated heterocycles. The number of benzene rings is 2. The summed E-state index contributed by atoms with van der Waals surface area (Å²) in [5.74, 6) is 0.113. The van der Waals surface area contributed by atoms with Crippen LogP contribution in [0.25, 0.3) is 11.0 Å². The third kappa shape index (κ3) is 2.58. The number of ether oxygens (including phenoxy) is 2. The van der Waals surface area contributed by atoms with Gasteiger partial charge in [0.1, 0.15) is 11.3 Å². The highest BCUT2D eigenvalue weighted by Crippen LogP contribution is 2.43. The maximum Gasteiger partial charge on any atom is 0.343 e. The van der Waals surface area contributed by atoms with Crippen LogP contribution < -0.4 is 15.1 Å². The maximum absolute atomic E-state index is 12.6. The summed E-state index contributed by atoms with van der Waals surface area (Å²) >= 11 is 0. The van der Waals surface area contributed by atoms with Crippen molar-refractivity contribution in [3.05, 3.63) is 70.1 Å². The van der Waals surface area contributed by atoms with E-state index < -0.39 is 11.5 Å². The highest BCUT2D eigenvalue weighted by molar-refractivity contribution is 5.90. The molecule has 1 atom stereocenters. The van der Waals surface area contributed by atoms with Crippen LogP contribution in [0.1, 0.15) is 30.4 Å². The standard InChI is InChI=1S/C20H16O5/c1-2-23-15-9-5-3-7-12(15)14-11-17(21)25-19-13-8-4-6-10-16(13)24-20(22)18(14)19/h3-10,14H,2,11H2,1H3/t14-/m1/s1. The van der Waals surface area contributed by atoms with E-state index in [1.54, 1.807) is 18.2 Å². The topological polar surface area (TPSA) is 65.7 Å². The quantitative estimate of drug-likeness (QED) is 0.540. The molecule has 0 spiro atoms. The van der Waals surface area contributed by atoms with Gasteiger partial charge < -0.3 is 13.9 Å². The average molecular weight is 336 g/mol. The van der Waals surface area contributed by atoms with E-state index in [2.05, 4.69) is 0 Å². The molecule has 0 aliphatic carbocycles. The van der Waals surface area contributed by atoms with Gasteiger partial charge in [-0.15, -0.1) is 0 Å². The second-order valence-corrected chi connectivity index (χ2v) is 5.83. The van der Waals surface area contributed by atoms with Gasteiger partial charge in [0.05, 0.1) is 24.0 Å². The molecule has 1 aliphatic heterocycles. The molecule has 25 heavy (non-hydrogen) atoms. The molecule has 0 N–H and O–H groups in total. The minimum absolute atomic E-state index is 0.0696. The van der Waals surface area contributed by atoms with Crippen molar-refractivity contribution in [2.75, 3.05) is 6.61 Å². The molecule has 1 aliphatic rings. The van der Waals surface area contributed by atoms with E-state index >= 15 is 0 Å². The van der Waals surface area contributed by atoms with Crippen molar-refractivity contribution >= 4 is 16.9 Å². The summed E-state index contributed by atoms with van der Waals surface area (Å²) in [4.78, 5) is 24.9. The van der Waals surface area contributed by atoms with Crippen molar-refractivity contribution < 1.29 is 18.7 Å². The number of hydrogen-bond donors (Lipinski definition) is 0. The van der Waals surface area contributed by atoms with Crippen molar-refractivity contribution in [1.29, 1.82) is 0 Å². The number of carbonyl (C=O) groups is 1. The number of para-hydroxylation sites is 2. The van der Waals surface area contributed by atoms with Gasteiger partial charge >= 0.3 is 11.6 Å². The van der Waals surface area contributed by atoms with Gasteiger partial charge in [0, 0.05) is 11.5 Å². The molecule has 2 aromatic carbocycles. The van der Waals surface area contributed by atoms with E-state index in [1.165, 1.54) is 0 Å². The Morgan fingerprint density at radius 3 is 2.68 bits per heavy atom. The number of carbonyl (C=O) groups excluding carboxylic acids is 1. The molecule has 4 rings (SSSR count). The summed E-state index contributed by atoms with van der Waals surface area (Å²) in [5, 5.41) is 0.615. The van der Waals surface area contributed by atoms with Crippen molar-refractivity contribution in [3.63, 3.8) is 0 Å². The van der Waals surface area contributed by atoms with Gasteiger partial charge in [0.25, 0.3) is 0 Å². The third-order valence-electron chi connectivity index (χ3n) is 4.33. The Morgan fingerprint density at radius 2 is 1.84 bits per heavy atom. The van der Waals surface area contributed by atoms with Crippen LogP contribution in [-0.4, -0.2) is 12.6 Å². The Balaban J connectivity index is 1.98. The van der Waals surface area contributed by atoms with Gasteiger partial charge in [0.2, 0.25) is 0 Å². The van der Waals surface area contributed by atoms with Crippen LogP contribution in [0.5, 0.6) is 11.5 Å². The second kappa shape index (κ2) is 6.09. The molecule has 0 saturated carbocycles. The molecule has 5 heteroatoms. The molecule has 2 heterocycles. The molecule has 126 valence electrons. The van der Waals surface area contributed by atoms with Gasteiger partial charge in [0.15, 0.2) is 5.75 Å². The van der Waals surface area contributed by atoms with Crippen LogP contribution >= 0.6 is 0 Å². The summed E-state index contributed by atoms with van der Waals surface area (Å²) in [6.45, 7) is 2.38. The van der Waals surface area contributed by atoms with E-state index in [4.69, 9.17) is 13.9 Å². The van der Waals surface area contributed by atoms with Crippen LogP contribution in [0, 0.1) is 0 Å². The van der Waals surface area contributed by atoms with Crippen molar-refractivity contribution in [2.45, 2.75) is 19.3 Å². The van der Waals surface area contributed by atoms with Crippen LogP contribution in [0.4, 0.5) is 0 Å². The van der Waals surface area contributed by atoms with Crippen molar-refractivity contribution in [1.82, 2.24) is 0 Å². The molecule has 0 fully saturated rings. The highest BCUT2D eigenvalue weighted by atomic mass is 16.5. The molecular weight excluding hydrogens is 320 g/mol. The lowest BCUT2D eigenvalue weighted by Gasteiger charge is -2.25. The number of rotatable bonds is 3. The lowest BCUT2D eigenvalue weighted by atomic mass is 9.86. The van der Waals surface area contributed by atoms with Gasteiger partial charge in [-0.3, -0.25) is 4.79 Å². The van der Waals surface area contributed by atoms with Crippen LogP contribution in [0.15, 0.2) is 57.7 Å². The first-order chi connectivity index (χ1) is 12.2. The average Bonchev–Trinajstić information content (AvgIpc) is 2.62. The van der Waals surface area contributed by atoms with Gasteiger partial charge in [-0.25, -0.2) is 4.79 Å². The summed E-state index contributed by atoms with van der Waals surface area (Å²) in [6, 6.07) is 14.5. The lowest BCUT2D eigenvalue weighted by Crippen LogP contribution is -2.27. The fraction of sp³-hybridized carbons (Fsp3) is 0.200. The lowest BCUT2D eigenvalue weighted by molar-refractivity contribution is -0.135. The van der Waals surface area contributed by atoms with Gasteiger partial charge in [-0.2, -0.15) is 0 Å². The first-order valence-corrected chi connectivity index (χ1v) is 8.17. The number of esters is 1. The highest BCUT2D eigenvalue weighted by Gasteiger charge is 2.35. The Morgan fingerprint density at radius 1 is 1.08 bits per heavy atom. The van der Waals surface area contributed by atoms with E-state index in [0.717, 1.165) is 5.56 Å². The Labute approximate surface area is 143 Å². The minimum atomic E-state index is -0.488. The zero-order valence-electron chi connectivity index (χ0n) is 13.7. The van der Waals surface area contributed by atoms with E-state index in [9.17, 15) is 9.59 Å². The Hall–Kier alpha value is -3.08. The minimum Gasteiger partial charge on any atom is -0.494 e. The van der Waals surface area contributed by atoms with Crippen LogP contribution in [-0.2, 0) is 4.79 Å². The molecule has 1 aromatic heterocycles. The fourth-order valence-electron chi connectivity index (χ4n) is 3.29. The fourth-order valence-corrected chi connectivity index (χ4v) is 3.29. The van der Waals surface area contributed by atoms with Crippen LogP contribution in [0.2, 0.25) is 0 Å². The smallest absolute Gasteiger partial charge is 0.343 e. The predicted molar refractivity (Wildman–Crippen MR) is 92.2 cm³/mol. The third-order valence-corrected chi connectivity index (χ3v) is 4.33. The first kappa shape index (κ1) is 15.4. The normalized spacial score (nSPS) is 16.4. The van der Waals surface area contributed by atoms with E-state index in [0.29, 0.717) is 34.6 Å². The number of fused-ring (bicyclic) bond motifs is 3. The summed E-state index contributed by atoms with van der Waals surface area (Å²) < 4.78 is 16.6.